The Labute approximate surface area is 97.2 Å². The monoisotopic (exact) mass is 232 g/mol. The van der Waals surface area contributed by atoms with Gasteiger partial charge in [0.05, 0.1) is 0 Å². The molecule has 0 bridgehead atoms. The molecule has 1 heterocycles. The molecule has 5 heteroatoms. The quantitative estimate of drug-likeness (QED) is 0.656. The molecule has 0 aromatic heterocycles. The van der Waals surface area contributed by atoms with Crippen LogP contribution in [0.3, 0.4) is 0 Å². The molecule has 95 valence electrons. The minimum Gasteiger partial charge on any atom is -0.323 e. The van der Waals surface area contributed by atoms with Gasteiger partial charge in [-0.3, -0.25) is 4.84 Å². The van der Waals surface area contributed by atoms with Crippen molar-refractivity contribution < 1.29 is 19.4 Å². The van der Waals surface area contributed by atoms with E-state index in [0.29, 0.717) is 0 Å². The maximum atomic E-state index is 10.8. The summed E-state index contributed by atoms with van der Waals surface area (Å²) < 4.78 is 10.3. The van der Waals surface area contributed by atoms with Gasteiger partial charge in [0, 0.05) is 13.1 Å². The highest BCUT2D eigenvalue weighted by Crippen LogP contribution is 2.12. The molecule has 3 unspecified atom stereocenters. The Morgan fingerprint density at radius 2 is 1.56 bits per heavy atom. The molecule has 0 aromatic carbocycles. The first-order valence-corrected chi connectivity index (χ1v) is 5.96. The summed E-state index contributed by atoms with van der Waals surface area (Å²) in [6.45, 7) is 6.84. The van der Waals surface area contributed by atoms with E-state index in [4.69, 9.17) is 14.3 Å². The number of hydrogen-bond donors (Lipinski definition) is 0. The minimum absolute atomic E-state index is 0.383. The summed E-state index contributed by atoms with van der Waals surface area (Å²) in [6, 6.07) is 0. The van der Waals surface area contributed by atoms with Gasteiger partial charge in [0.15, 0.2) is 18.9 Å². The molecule has 0 amide bonds. The van der Waals surface area contributed by atoms with Crippen LogP contribution >= 0.6 is 0 Å². The third-order valence-corrected chi connectivity index (χ3v) is 2.38. The van der Waals surface area contributed by atoms with E-state index in [1.807, 2.05) is 12.0 Å². The fourth-order valence-electron chi connectivity index (χ4n) is 1.78. The average Bonchev–Trinajstić information content (AvgIpc) is 2.17. The van der Waals surface area contributed by atoms with Crippen LogP contribution in [0.4, 0.5) is 0 Å². The summed E-state index contributed by atoms with van der Waals surface area (Å²) in [5, 5.41) is 12.7. The van der Waals surface area contributed by atoms with Crippen molar-refractivity contribution in [1.82, 2.24) is 5.06 Å². The van der Waals surface area contributed by atoms with E-state index in [9.17, 15) is 5.11 Å². The summed E-state index contributed by atoms with van der Waals surface area (Å²) in [7, 11) is 0. The number of ether oxygens (including phenoxy) is 2. The first-order chi connectivity index (χ1) is 7.58. The minimum atomic E-state index is -1.07. The fraction of sp³-hybridized carbons (Fsp3) is 1.00. The molecule has 5 nitrogen and oxygen atoms in total. The van der Waals surface area contributed by atoms with E-state index in [2.05, 4.69) is 0 Å². The summed E-state index contributed by atoms with van der Waals surface area (Å²) >= 11 is 0. The molecule has 0 aromatic rings. The molecule has 0 spiro atoms. The number of nitrogens with zero attached hydrogens (tertiary/aromatic N) is 1. The lowest BCUT2D eigenvalue weighted by molar-refractivity contribution is -0.333. The van der Waals surface area contributed by atoms with Crippen molar-refractivity contribution in [3.63, 3.8) is 0 Å². The molecular weight excluding hydrogens is 210 g/mol. The average molecular weight is 232 g/mol. The van der Waals surface area contributed by atoms with Crippen molar-refractivity contribution in [2.24, 2.45) is 0 Å². The summed E-state index contributed by atoms with van der Waals surface area (Å²) in [6.07, 6.45) is 1.60. The number of hydroxylamine groups is 2. The van der Waals surface area contributed by atoms with Crippen LogP contribution in [-0.2, 0) is 19.4 Å². The normalized spacial score (nSPS) is 24.0. The van der Waals surface area contributed by atoms with Crippen LogP contribution in [0.5, 0.6) is 0 Å². The van der Waals surface area contributed by atoms with Gasteiger partial charge in [-0.15, -0.1) is 0 Å². The van der Waals surface area contributed by atoms with Gasteiger partial charge in [-0.1, -0.05) is 6.42 Å². The predicted octanol–water partition coefficient (Wildman–Crippen LogP) is 1.91. The topological polar surface area (TPSA) is 50.8 Å². The zero-order valence-corrected chi connectivity index (χ0v) is 10.3. The third-order valence-electron chi connectivity index (χ3n) is 2.38. The van der Waals surface area contributed by atoms with Crippen molar-refractivity contribution in [2.75, 3.05) is 13.1 Å². The number of rotatable bonds is 6. The van der Waals surface area contributed by atoms with Gasteiger partial charge < -0.3 is 9.47 Å². The summed E-state index contributed by atoms with van der Waals surface area (Å²) in [4.78, 5) is 5.57. The highest BCUT2D eigenvalue weighted by atomic mass is 16.8. The smallest absolute Gasteiger partial charge is 0.191 e. The van der Waals surface area contributed by atoms with E-state index in [0.717, 1.165) is 25.9 Å². The van der Waals surface area contributed by atoms with Crippen LogP contribution in [0.25, 0.3) is 0 Å². The maximum absolute atomic E-state index is 10.8. The van der Waals surface area contributed by atoms with Crippen LogP contribution in [0, 0.1) is 0 Å². The van der Waals surface area contributed by atoms with Gasteiger partial charge in [-0.25, -0.2) is 5.11 Å². The highest BCUT2D eigenvalue weighted by Gasteiger charge is 2.17. The molecular formula is C11H22NO4. The van der Waals surface area contributed by atoms with Gasteiger partial charge in [-0.2, -0.15) is 5.06 Å². The van der Waals surface area contributed by atoms with Gasteiger partial charge in [0.1, 0.15) is 0 Å². The van der Waals surface area contributed by atoms with E-state index >= 15 is 0 Å². The zero-order chi connectivity index (χ0) is 12.0. The Kier molecular flexibility index (Phi) is 6.23. The van der Waals surface area contributed by atoms with Crippen molar-refractivity contribution in [1.29, 1.82) is 0 Å². The molecule has 0 N–H and O–H groups in total. The number of piperidine rings is 1. The van der Waals surface area contributed by atoms with Crippen LogP contribution in [0.15, 0.2) is 0 Å². The van der Waals surface area contributed by atoms with E-state index in [-0.39, 0.29) is 6.29 Å². The van der Waals surface area contributed by atoms with Crippen molar-refractivity contribution in [2.45, 2.75) is 58.9 Å². The van der Waals surface area contributed by atoms with Crippen LogP contribution in [-0.4, -0.2) is 37.0 Å². The molecule has 1 saturated heterocycles. The summed E-state index contributed by atoms with van der Waals surface area (Å²) in [5.74, 6) is 0. The second-order valence-electron chi connectivity index (χ2n) is 4.07. The molecule has 1 fully saturated rings. The van der Waals surface area contributed by atoms with Crippen molar-refractivity contribution in [3.05, 3.63) is 0 Å². The summed E-state index contributed by atoms with van der Waals surface area (Å²) in [5.41, 5.74) is 0. The largest absolute Gasteiger partial charge is 0.323 e. The van der Waals surface area contributed by atoms with E-state index in [1.54, 1.807) is 6.92 Å². The first-order valence-electron chi connectivity index (χ1n) is 5.96. The molecule has 0 aliphatic carbocycles. The molecule has 1 aliphatic rings. The molecule has 1 radical (unpaired) electrons. The Morgan fingerprint density at radius 3 is 2.12 bits per heavy atom. The van der Waals surface area contributed by atoms with E-state index in [1.165, 1.54) is 13.3 Å². The Balaban J connectivity index is 2.15. The van der Waals surface area contributed by atoms with Gasteiger partial charge >= 0.3 is 0 Å². The molecule has 0 saturated carbocycles. The first kappa shape index (κ1) is 13.9. The van der Waals surface area contributed by atoms with Crippen LogP contribution in [0.2, 0.25) is 0 Å². The van der Waals surface area contributed by atoms with Gasteiger partial charge in [0.2, 0.25) is 0 Å². The maximum Gasteiger partial charge on any atom is 0.191 e. The molecule has 1 rings (SSSR count). The van der Waals surface area contributed by atoms with Gasteiger partial charge in [-0.05, 0) is 33.6 Å². The fourth-order valence-corrected chi connectivity index (χ4v) is 1.78. The van der Waals surface area contributed by atoms with Crippen molar-refractivity contribution in [3.8, 4) is 0 Å². The van der Waals surface area contributed by atoms with Gasteiger partial charge in [0.25, 0.3) is 0 Å². The highest BCUT2D eigenvalue weighted by molar-refractivity contribution is 4.56. The Morgan fingerprint density at radius 1 is 0.938 bits per heavy atom. The lowest BCUT2D eigenvalue weighted by Gasteiger charge is -2.29. The standard InChI is InChI=1S/C11H22NO4/c1-9(13)14-10(2)15-11(3)16-12-7-5-4-6-8-12/h9-11H,4-8H2,1-3H3. The molecule has 16 heavy (non-hydrogen) atoms. The van der Waals surface area contributed by atoms with Crippen LogP contribution in [0.1, 0.15) is 40.0 Å². The number of hydrogen-bond acceptors (Lipinski definition) is 4. The SMILES string of the molecule is CC([O])OC(C)OC(C)ON1CCCCC1. The van der Waals surface area contributed by atoms with Crippen molar-refractivity contribution >= 4 is 0 Å². The zero-order valence-electron chi connectivity index (χ0n) is 10.3. The predicted molar refractivity (Wildman–Crippen MR) is 57.8 cm³/mol. The molecule has 3 atom stereocenters. The Hall–Kier alpha value is -0.200. The third kappa shape index (κ3) is 5.77. The lowest BCUT2D eigenvalue weighted by atomic mass is 10.2. The van der Waals surface area contributed by atoms with E-state index < -0.39 is 12.6 Å². The Bertz CT molecular complexity index is 183. The lowest BCUT2D eigenvalue weighted by Crippen LogP contribution is -2.36. The van der Waals surface area contributed by atoms with Crippen LogP contribution < -0.4 is 0 Å². The second-order valence-corrected chi connectivity index (χ2v) is 4.07. The molecule has 1 aliphatic heterocycles. The second kappa shape index (κ2) is 7.19.